The molecule has 1 saturated carbocycles. The summed E-state index contributed by atoms with van der Waals surface area (Å²) in [5.41, 5.74) is 6.88. The third kappa shape index (κ3) is 3.76. The molecule has 94 valence electrons. The normalized spacial score (nSPS) is 24.9. The molecule has 0 saturated heterocycles. The third-order valence-corrected chi connectivity index (χ3v) is 3.89. The first-order chi connectivity index (χ1) is 8.15. The SMILES string of the molecule is NC1CCCC(OCc2ccc(F)cc2Br)C1. The number of hydrogen-bond donors (Lipinski definition) is 1. The highest BCUT2D eigenvalue weighted by molar-refractivity contribution is 9.10. The average molecular weight is 302 g/mol. The van der Waals surface area contributed by atoms with Gasteiger partial charge in [0.25, 0.3) is 0 Å². The molecule has 2 nitrogen and oxygen atoms in total. The van der Waals surface area contributed by atoms with Gasteiger partial charge >= 0.3 is 0 Å². The minimum Gasteiger partial charge on any atom is -0.373 e. The fourth-order valence-electron chi connectivity index (χ4n) is 2.18. The van der Waals surface area contributed by atoms with Crippen molar-refractivity contribution in [2.45, 2.75) is 44.4 Å². The van der Waals surface area contributed by atoms with Crippen LogP contribution in [0.15, 0.2) is 22.7 Å². The minimum absolute atomic E-state index is 0.236. The maximum Gasteiger partial charge on any atom is 0.124 e. The van der Waals surface area contributed by atoms with E-state index in [1.807, 2.05) is 0 Å². The first kappa shape index (κ1) is 13.0. The lowest BCUT2D eigenvalue weighted by atomic mass is 9.93. The lowest BCUT2D eigenvalue weighted by Crippen LogP contribution is -2.32. The Morgan fingerprint density at radius 3 is 2.94 bits per heavy atom. The number of nitrogens with two attached hydrogens (primary N) is 1. The van der Waals surface area contributed by atoms with Crippen LogP contribution < -0.4 is 5.73 Å². The molecule has 0 spiro atoms. The third-order valence-electron chi connectivity index (χ3n) is 3.16. The van der Waals surface area contributed by atoms with E-state index in [4.69, 9.17) is 10.5 Å². The van der Waals surface area contributed by atoms with Crippen molar-refractivity contribution in [2.24, 2.45) is 5.73 Å². The topological polar surface area (TPSA) is 35.2 Å². The molecule has 2 unspecified atom stereocenters. The molecule has 0 amide bonds. The van der Waals surface area contributed by atoms with Crippen LogP contribution >= 0.6 is 15.9 Å². The van der Waals surface area contributed by atoms with Gasteiger partial charge in [-0.3, -0.25) is 0 Å². The van der Waals surface area contributed by atoms with Crippen molar-refractivity contribution < 1.29 is 9.13 Å². The van der Waals surface area contributed by atoms with Gasteiger partial charge in [0.15, 0.2) is 0 Å². The van der Waals surface area contributed by atoms with Gasteiger partial charge < -0.3 is 10.5 Å². The average Bonchev–Trinajstić information content (AvgIpc) is 2.28. The summed E-state index contributed by atoms with van der Waals surface area (Å²) in [4.78, 5) is 0. The van der Waals surface area contributed by atoms with Gasteiger partial charge in [-0.1, -0.05) is 22.0 Å². The Kier molecular flexibility index (Phi) is 4.54. The van der Waals surface area contributed by atoms with Gasteiger partial charge in [-0.05, 0) is 43.4 Å². The summed E-state index contributed by atoms with van der Waals surface area (Å²) >= 11 is 3.34. The zero-order chi connectivity index (χ0) is 12.3. The fraction of sp³-hybridized carbons (Fsp3) is 0.538. The zero-order valence-electron chi connectivity index (χ0n) is 9.66. The molecule has 1 aromatic rings. The summed E-state index contributed by atoms with van der Waals surface area (Å²) in [6, 6.07) is 4.94. The lowest BCUT2D eigenvalue weighted by molar-refractivity contribution is 0.0120. The van der Waals surface area contributed by atoms with E-state index < -0.39 is 0 Å². The Morgan fingerprint density at radius 2 is 2.24 bits per heavy atom. The second-order valence-electron chi connectivity index (χ2n) is 4.60. The van der Waals surface area contributed by atoms with Gasteiger partial charge in [-0.2, -0.15) is 0 Å². The molecule has 2 N–H and O–H groups in total. The van der Waals surface area contributed by atoms with Crippen LogP contribution in [0, 0.1) is 5.82 Å². The van der Waals surface area contributed by atoms with Crippen LogP contribution in [0.1, 0.15) is 31.2 Å². The molecule has 0 bridgehead atoms. The monoisotopic (exact) mass is 301 g/mol. The maximum absolute atomic E-state index is 12.9. The minimum atomic E-state index is -0.236. The van der Waals surface area contributed by atoms with Gasteiger partial charge in [-0.25, -0.2) is 4.39 Å². The van der Waals surface area contributed by atoms with E-state index in [0.29, 0.717) is 6.61 Å². The van der Waals surface area contributed by atoms with E-state index in [-0.39, 0.29) is 18.0 Å². The van der Waals surface area contributed by atoms with E-state index >= 15 is 0 Å². The van der Waals surface area contributed by atoms with Gasteiger partial charge in [0.05, 0.1) is 12.7 Å². The Labute approximate surface area is 109 Å². The van der Waals surface area contributed by atoms with Crippen LogP contribution in [0.3, 0.4) is 0 Å². The molecule has 0 heterocycles. The predicted octanol–water partition coefficient (Wildman–Crippen LogP) is 3.37. The molecule has 1 aromatic carbocycles. The van der Waals surface area contributed by atoms with Crippen LogP contribution in [0.25, 0.3) is 0 Å². The summed E-state index contributed by atoms with van der Waals surface area (Å²) < 4.78 is 19.5. The van der Waals surface area contributed by atoms with Crippen molar-refractivity contribution in [1.29, 1.82) is 0 Å². The van der Waals surface area contributed by atoms with Crippen molar-refractivity contribution in [3.63, 3.8) is 0 Å². The Morgan fingerprint density at radius 1 is 1.41 bits per heavy atom. The highest BCUT2D eigenvalue weighted by Gasteiger charge is 2.19. The summed E-state index contributed by atoms with van der Waals surface area (Å²) in [5.74, 6) is -0.236. The molecule has 1 aliphatic carbocycles. The van der Waals surface area contributed by atoms with E-state index in [1.165, 1.54) is 12.1 Å². The van der Waals surface area contributed by atoms with E-state index in [0.717, 1.165) is 35.7 Å². The van der Waals surface area contributed by atoms with E-state index in [2.05, 4.69) is 15.9 Å². The van der Waals surface area contributed by atoms with Crippen LogP contribution in [0.4, 0.5) is 4.39 Å². The smallest absolute Gasteiger partial charge is 0.124 e. The summed E-state index contributed by atoms with van der Waals surface area (Å²) in [5, 5.41) is 0. The molecule has 0 radical (unpaired) electrons. The highest BCUT2D eigenvalue weighted by atomic mass is 79.9. The van der Waals surface area contributed by atoms with Gasteiger partial charge in [0.2, 0.25) is 0 Å². The van der Waals surface area contributed by atoms with Crippen molar-refractivity contribution in [3.8, 4) is 0 Å². The van der Waals surface area contributed by atoms with E-state index in [9.17, 15) is 4.39 Å². The number of rotatable bonds is 3. The van der Waals surface area contributed by atoms with Gasteiger partial charge in [0.1, 0.15) is 5.82 Å². The van der Waals surface area contributed by atoms with Gasteiger partial charge in [0, 0.05) is 10.5 Å². The standard InChI is InChI=1S/C13H17BrFNO/c14-13-6-10(15)5-4-9(13)8-17-12-3-1-2-11(16)7-12/h4-6,11-12H,1-3,7-8,16H2. The molecular formula is C13H17BrFNO. The van der Waals surface area contributed by atoms with Crippen LogP contribution in [0.5, 0.6) is 0 Å². The zero-order valence-corrected chi connectivity index (χ0v) is 11.2. The molecule has 2 rings (SSSR count). The summed E-state index contributed by atoms with van der Waals surface area (Å²) in [7, 11) is 0. The first-order valence-corrected chi connectivity index (χ1v) is 6.75. The van der Waals surface area contributed by atoms with Crippen LogP contribution in [-0.2, 0) is 11.3 Å². The van der Waals surface area contributed by atoms with E-state index in [1.54, 1.807) is 6.07 Å². The first-order valence-electron chi connectivity index (χ1n) is 5.96. The Hall–Kier alpha value is -0.450. The molecule has 17 heavy (non-hydrogen) atoms. The largest absolute Gasteiger partial charge is 0.373 e. The molecular weight excluding hydrogens is 285 g/mol. The number of halogens is 2. The Balaban J connectivity index is 1.88. The molecule has 4 heteroatoms. The molecule has 2 atom stereocenters. The number of benzene rings is 1. The summed E-state index contributed by atoms with van der Waals surface area (Å²) in [6.07, 6.45) is 4.48. The van der Waals surface area contributed by atoms with Crippen molar-refractivity contribution in [3.05, 3.63) is 34.1 Å². The Bertz CT molecular complexity index is 386. The van der Waals surface area contributed by atoms with Crippen LogP contribution in [-0.4, -0.2) is 12.1 Å². The van der Waals surface area contributed by atoms with Crippen LogP contribution in [0.2, 0.25) is 0 Å². The number of ether oxygens (including phenoxy) is 1. The quantitative estimate of drug-likeness (QED) is 0.929. The molecule has 0 aromatic heterocycles. The number of hydrogen-bond acceptors (Lipinski definition) is 2. The van der Waals surface area contributed by atoms with Gasteiger partial charge in [-0.15, -0.1) is 0 Å². The summed E-state index contributed by atoms with van der Waals surface area (Å²) in [6.45, 7) is 0.512. The molecule has 1 fully saturated rings. The predicted molar refractivity (Wildman–Crippen MR) is 69.1 cm³/mol. The van der Waals surface area contributed by atoms with Crippen molar-refractivity contribution >= 4 is 15.9 Å². The molecule has 0 aliphatic heterocycles. The second kappa shape index (κ2) is 5.94. The molecule has 1 aliphatic rings. The second-order valence-corrected chi connectivity index (χ2v) is 5.45. The maximum atomic E-state index is 12.9. The van der Waals surface area contributed by atoms with Crippen molar-refractivity contribution in [2.75, 3.05) is 0 Å². The van der Waals surface area contributed by atoms with Crippen molar-refractivity contribution in [1.82, 2.24) is 0 Å². The highest BCUT2D eigenvalue weighted by Crippen LogP contribution is 2.23. The lowest BCUT2D eigenvalue weighted by Gasteiger charge is -2.26. The fourth-order valence-corrected chi connectivity index (χ4v) is 2.64.